The summed E-state index contributed by atoms with van der Waals surface area (Å²) in [5.74, 6) is 4.07. The van der Waals surface area contributed by atoms with Gasteiger partial charge in [-0.1, -0.05) is 0 Å². The lowest BCUT2D eigenvalue weighted by atomic mass is 10.3. The summed E-state index contributed by atoms with van der Waals surface area (Å²) < 4.78 is 12.8. The van der Waals surface area contributed by atoms with Crippen LogP contribution in [0, 0.1) is 17.1 Å². The number of aromatic nitrogens is 1. The van der Waals surface area contributed by atoms with E-state index in [0.29, 0.717) is 0 Å². The van der Waals surface area contributed by atoms with Gasteiger partial charge in [0.05, 0.1) is 5.56 Å². The molecular formula is C6H5FN4. The first-order chi connectivity index (χ1) is 5.29. The molecule has 1 aromatic rings. The third-order valence-corrected chi connectivity index (χ3v) is 1.15. The molecule has 0 amide bonds. The fourth-order valence-corrected chi connectivity index (χ4v) is 0.631. The van der Waals surface area contributed by atoms with Gasteiger partial charge >= 0.3 is 0 Å². The van der Waals surface area contributed by atoms with Crippen LogP contribution in [0.1, 0.15) is 5.56 Å². The van der Waals surface area contributed by atoms with E-state index in [9.17, 15) is 4.39 Å². The van der Waals surface area contributed by atoms with Crippen molar-refractivity contribution >= 4 is 5.82 Å². The quantitative estimate of drug-likeness (QED) is 0.450. The average molecular weight is 152 g/mol. The fourth-order valence-electron chi connectivity index (χ4n) is 0.631. The molecule has 0 aliphatic carbocycles. The molecule has 56 valence electrons. The minimum absolute atomic E-state index is 0.0760. The van der Waals surface area contributed by atoms with Crippen LogP contribution in [0.25, 0.3) is 0 Å². The summed E-state index contributed by atoms with van der Waals surface area (Å²) in [6.07, 6.45) is 1.30. The molecule has 1 heterocycles. The van der Waals surface area contributed by atoms with Crippen molar-refractivity contribution in [2.24, 2.45) is 5.84 Å². The van der Waals surface area contributed by atoms with Crippen molar-refractivity contribution in [1.82, 2.24) is 4.98 Å². The molecule has 0 atom stereocenters. The Hall–Kier alpha value is -1.67. The topological polar surface area (TPSA) is 74.7 Å². The van der Waals surface area contributed by atoms with Gasteiger partial charge in [0.15, 0.2) is 11.6 Å². The van der Waals surface area contributed by atoms with E-state index in [1.807, 2.05) is 5.43 Å². The molecule has 1 rings (SSSR count). The molecule has 5 heteroatoms. The first-order valence-electron chi connectivity index (χ1n) is 2.81. The summed E-state index contributed by atoms with van der Waals surface area (Å²) in [4.78, 5) is 3.54. The molecule has 0 unspecified atom stereocenters. The van der Waals surface area contributed by atoms with E-state index in [1.165, 1.54) is 12.3 Å². The average Bonchev–Trinajstić information content (AvgIpc) is 2.05. The Kier molecular flexibility index (Phi) is 1.99. The Morgan fingerprint density at radius 3 is 3.00 bits per heavy atom. The van der Waals surface area contributed by atoms with Crippen molar-refractivity contribution in [2.75, 3.05) is 5.43 Å². The summed E-state index contributed by atoms with van der Waals surface area (Å²) in [5, 5.41) is 8.35. The lowest BCUT2D eigenvalue weighted by molar-refractivity contribution is 0.621. The third kappa shape index (κ3) is 1.25. The number of nitrogens with one attached hydrogen (secondary N) is 1. The second-order valence-electron chi connectivity index (χ2n) is 1.78. The van der Waals surface area contributed by atoms with Gasteiger partial charge < -0.3 is 5.43 Å². The molecule has 1 aromatic heterocycles. The molecule has 0 aromatic carbocycles. The maximum absolute atomic E-state index is 12.8. The number of nitrogen functional groups attached to an aromatic ring is 1. The monoisotopic (exact) mass is 152 g/mol. The fraction of sp³-hybridized carbons (Fsp3) is 0. The molecular weight excluding hydrogens is 147 g/mol. The SMILES string of the molecule is N#Cc1ccnc(NN)c1F. The third-order valence-electron chi connectivity index (χ3n) is 1.15. The number of hydrogen-bond acceptors (Lipinski definition) is 4. The van der Waals surface area contributed by atoms with Crippen molar-refractivity contribution in [3.63, 3.8) is 0 Å². The number of anilines is 1. The molecule has 0 aliphatic heterocycles. The predicted octanol–water partition coefficient (Wildman–Crippen LogP) is 0.378. The van der Waals surface area contributed by atoms with Crippen molar-refractivity contribution < 1.29 is 4.39 Å². The maximum atomic E-state index is 12.8. The van der Waals surface area contributed by atoms with Crippen LogP contribution in [-0.4, -0.2) is 4.98 Å². The van der Waals surface area contributed by atoms with Crippen LogP contribution in [0.2, 0.25) is 0 Å². The highest BCUT2D eigenvalue weighted by Crippen LogP contribution is 2.11. The Morgan fingerprint density at radius 1 is 1.73 bits per heavy atom. The van der Waals surface area contributed by atoms with Crippen LogP contribution in [0.4, 0.5) is 10.2 Å². The maximum Gasteiger partial charge on any atom is 0.184 e. The largest absolute Gasteiger partial charge is 0.306 e. The van der Waals surface area contributed by atoms with E-state index in [0.717, 1.165) is 0 Å². The van der Waals surface area contributed by atoms with Gasteiger partial charge in [0.2, 0.25) is 0 Å². The van der Waals surface area contributed by atoms with Crippen molar-refractivity contribution in [3.05, 3.63) is 23.6 Å². The van der Waals surface area contributed by atoms with Gasteiger partial charge in [0.1, 0.15) is 6.07 Å². The second-order valence-corrected chi connectivity index (χ2v) is 1.78. The van der Waals surface area contributed by atoms with Crippen LogP contribution in [0.3, 0.4) is 0 Å². The highest BCUT2D eigenvalue weighted by Gasteiger charge is 2.06. The molecule has 0 spiro atoms. The standard InChI is InChI=1S/C6H5FN4/c7-5-4(3-8)1-2-10-6(5)11-9/h1-2H,9H2,(H,10,11). The smallest absolute Gasteiger partial charge is 0.184 e. The lowest BCUT2D eigenvalue weighted by Gasteiger charge is -1.99. The minimum Gasteiger partial charge on any atom is -0.306 e. The van der Waals surface area contributed by atoms with Crippen LogP contribution >= 0.6 is 0 Å². The van der Waals surface area contributed by atoms with E-state index < -0.39 is 5.82 Å². The highest BCUT2D eigenvalue weighted by molar-refractivity contribution is 5.43. The molecule has 0 aliphatic rings. The number of rotatable bonds is 1. The zero-order valence-corrected chi connectivity index (χ0v) is 5.50. The zero-order chi connectivity index (χ0) is 8.27. The van der Waals surface area contributed by atoms with Crippen LogP contribution in [0.5, 0.6) is 0 Å². The first kappa shape index (κ1) is 7.44. The number of pyridine rings is 1. The number of nitrogens with two attached hydrogens (primary N) is 1. The van der Waals surface area contributed by atoms with Gasteiger partial charge in [0.25, 0.3) is 0 Å². The molecule has 0 radical (unpaired) electrons. The van der Waals surface area contributed by atoms with Crippen LogP contribution in [0.15, 0.2) is 12.3 Å². The van der Waals surface area contributed by atoms with E-state index in [-0.39, 0.29) is 11.4 Å². The second kappa shape index (κ2) is 2.94. The van der Waals surface area contributed by atoms with E-state index in [2.05, 4.69) is 4.98 Å². The summed E-state index contributed by atoms with van der Waals surface area (Å²) in [7, 11) is 0. The van der Waals surface area contributed by atoms with Gasteiger partial charge in [-0.25, -0.2) is 15.2 Å². The van der Waals surface area contributed by atoms with Gasteiger partial charge in [0, 0.05) is 6.20 Å². The lowest BCUT2D eigenvalue weighted by Crippen LogP contribution is -2.10. The Labute approximate surface area is 62.4 Å². The minimum atomic E-state index is -0.725. The number of hydrogen-bond donors (Lipinski definition) is 2. The van der Waals surface area contributed by atoms with Crippen LogP contribution < -0.4 is 11.3 Å². The van der Waals surface area contributed by atoms with Crippen LogP contribution in [-0.2, 0) is 0 Å². The van der Waals surface area contributed by atoms with Crippen molar-refractivity contribution in [2.45, 2.75) is 0 Å². The van der Waals surface area contributed by atoms with Crippen molar-refractivity contribution in [3.8, 4) is 6.07 Å². The van der Waals surface area contributed by atoms with E-state index in [1.54, 1.807) is 6.07 Å². The number of hydrazine groups is 1. The normalized spacial score (nSPS) is 8.82. The zero-order valence-electron chi connectivity index (χ0n) is 5.50. The first-order valence-corrected chi connectivity index (χ1v) is 2.81. The van der Waals surface area contributed by atoms with E-state index in [4.69, 9.17) is 11.1 Å². The molecule has 0 saturated heterocycles. The summed E-state index contributed by atoms with van der Waals surface area (Å²) in [6.45, 7) is 0. The summed E-state index contributed by atoms with van der Waals surface area (Å²) in [6, 6.07) is 2.93. The number of nitriles is 1. The Morgan fingerprint density at radius 2 is 2.45 bits per heavy atom. The Balaban J connectivity index is 3.23. The molecule has 0 bridgehead atoms. The van der Waals surface area contributed by atoms with E-state index >= 15 is 0 Å². The van der Waals surface area contributed by atoms with Gasteiger partial charge in [-0.15, -0.1) is 0 Å². The highest BCUT2D eigenvalue weighted by atomic mass is 19.1. The van der Waals surface area contributed by atoms with Gasteiger partial charge in [-0.05, 0) is 6.07 Å². The number of halogens is 1. The van der Waals surface area contributed by atoms with Gasteiger partial charge in [-0.3, -0.25) is 0 Å². The Bertz CT molecular complexity index is 304. The molecule has 3 N–H and O–H groups in total. The summed E-state index contributed by atoms with van der Waals surface area (Å²) in [5.41, 5.74) is 1.96. The predicted molar refractivity (Wildman–Crippen MR) is 36.7 cm³/mol. The van der Waals surface area contributed by atoms with Gasteiger partial charge in [-0.2, -0.15) is 5.26 Å². The molecule has 4 nitrogen and oxygen atoms in total. The molecule has 0 fully saturated rings. The van der Waals surface area contributed by atoms with Crippen molar-refractivity contribution in [1.29, 1.82) is 5.26 Å². The summed E-state index contributed by atoms with van der Waals surface area (Å²) >= 11 is 0. The molecule has 0 saturated carbocycles. The molecule has 11 heavy (non-hydrogen) atoms. The number of nitrogens with zero attached hydrogens (tertiary/aromatic N) is 2.